The Morgan fingerprint density at radius 3 is 1.56 bits per heavy atom. The van der Waals surface area contributed by atoms with E-state index >= 15 is 0 Å². The summed E-state index contributed by atoms with van der Waals surface area (Å²) in [5, 5.41) is 12.7. The van der Waals surface area contributed by atoms with Crippen molar-refractivity contribution in [1.82, 2.24) is 10.6 Å². The van der Waals surface area contributed by atoms with E-state index in [1.807, 2.05) is 5.32 Å². The average molecular weight is 461 g/mol. The molecule has 13 nitrogen and oxygen atoms in total. The van der Waals surface area contributed by atoms with E-state index in [1.165, 1.54) is 34.6 Å². The predicted molar refractivity (Wildman–Crippen MR) is 112 cm³/mol. The number of hydrogen-bond donors (Lipinski definition) is 4. The fourth-order valence-electron chi connectivity index (χ4n) is 1.01. The van der Waals surface area contributed by atoms with Gasteiger partial charge in [-0.1, -0.05) is 13.2 Å². The van der Waals surface area contributed by atoms with Crippen molar-refractivity contribution in [1.29, 1.82) is 0 Å². The molecule has 0 saturated carbocycles. The molecule has 5 N–H and O–H groups in total. The Bertz CT molecular complexity index is 660. The highest BCUT2D eigenvalue weighted by molar-refractivity contribution is 5.94. The number of amides is 4. The summed E-state index contributed by atoms with van der Waals surface area (Å²) in [6, 6.07) is 0. The molecule has 4 amide bonds. The zero-order chi connectivity index (χ0) is 26.3. The second kappa shape index (κ2) is 23.4. The van der Waals surface area contributed by atoms with Gasteiger partial charge in [-0.2, -0.15) is 0 Å². The Morgan fingerprint density at radius 2 is 1.38 bits per heavy atom. The van der Waals surface area contributed by atoms with Gasteiger partial charge >= 0.3 is 17.9 Å². The van der Waals surface area contributed by atoms with E-state index in [0.717, 1.165) is 12.2 Å². The molecule has 0 aromatic carbocycles. The summed E-state index contributed by atoms with van der Waals surface area (Å²) in [5.41, 5.74) is 4.53. The van der Waals surface area contributed by atoms with Crippen molar-refractivity contribution in [3.05, 3.63) is 25.3 Å². The molecule has 182 valence electrons. The summed E-state index contributed by atoms with van der Waals surface area (Å²) < 4.78 is 8.46. The second-order valence-electron chi connectivity index (χ2n) is 5.27. The maximum Gasteiger partial charge on any atom is 0.310 e. The van der Waals surface area contributed by atoms with Gasteiger partial charge in [-0.25, -0.2) is 0 Å². The number of esters is 3. The Kier molecular flexibility index (Phi) is 26.0. The molecule has 0 rings (SSSR count). The topological polar surface area (TPSA) is 208 Å². The number of nitrogens with one attached hydrogen (secondary N) is 2. The minimum Gasteiger partial charge on any atom is -0.465 e. The molecule has 0 aliphatic heterocycles. The average Bonchev–Trinajstić information content (AvgIpc) is 2.60. The van der Waals surface area contributed by atoms with Crippen LogP contribution in [0.25, 0.3) is 0 Å². The molecular weight excluding hydrogens is 430 g/mol. The van der Waals surface area contributed by atoms with Gasteiger partial charge in [0.15, 0.2) is 0 Å². The Labute approximate surface area is 186 Å². The van der Waals surface area contributed by atoms with Crippen LogP contribution in [0.4, 0.5) is 0 Å². The van der Waals surface area contributed by atoms with E-state index < -0.39 is 41.9 Å². The highest BCUT2D eigenvalue weighted by Gasteiger charge is 2.03. The molecule has 32 heavy (non-hydrogen) atoms. The number of primary amides is 1. The third kappa shape index (κ3) is 50.2. The van der Waals surface area contributed by atoms with E-state index in [2.05, 4.69) is 33.7 Å². The maximum absolute atomic E-state index is 10.7. The lowest BCUT2D eigenvalue weighted by molar-refractivity contribution is -0.156. The minimum atomic E-state index is -0.791. The maximum atomic E-state index is 10.7. The zero-order valence-corrected chi connectivity index (χ0v) is 18.8. The lowest BCUT2D eigenvalue weighted by atomic mass is 10.4. The van der Waals surface area contributed by atoms with E-state index in [9.17, 15) is 33.6 Å². The number of aliphatic hydroxyl groups is 1. The lowest BCUT2D eigenvalue weighted by Crippen LogP contribution is -2.30. The van der Waals surface area contributed by atoms with Crippen molar-refractivity contribution in [3.8, 4) is 0 Å². The fourth-order valence-corrected chi connectivity index (χ4v) is 1.01. The van der Waals surface area contributed by atoms with Crippen LogP contribution >= 0.6 is 0 Å². The van der Waals surface area contributed by atoms with Crippen LogP contribution in [0, 0.1) is 0 Å². The van der Waals surface area contributed by atoms with Crippen LogP contribution in [0.1, 0.15) is 41.0 Å². The van der Waals surface area contributed by atoms with E-state index in [4.69, 9.17) is 5.11 Å². The normalized spacial score (nSPS) is 9.06. The van der Waals surface area contributed by atoms with Crippen LogP contribution in [0.2, 0.25) is 0 Å². The third-order valence-corrected chi connectivity index (χ3v) is 1.98. The van der Waals surface area contributed by atoms with Crippen LogP contribution in [0.5, 0.6) is 0 Å². The number of rotatable bonds is 6. The van der Waals surface area contributed by atoms with Gasteiger partial charge in [0.1, 0.15) is 12.8 Å². The number of nitrogens with two attached hydrogens (primary N) is 1. The summed E-state index contributed by atoms with van der Waals surface area (Å²) in [6.45, 7) is 12.6. The van der Waals surface area contributed by atoms with Crippen LogP contribution in [-0.4, -0.2) is 59.5 Å². The van der Waals surface area contributed by atoms with Gasteiger partial charge in [0.2, 0.25) is 23.6 Å². The number of imide groups is 1. The summed E-state index contributed by atoms with van der Waals surface area (Å²) in [7, 11) is 0. The quantitative estimate of drug-likeness (QED) is 0.164. The number of carbonyl (C=O) groups excluding carboxylic acids is 7. The SMILES string of the molecule is C=CC(=O)NC(C)O.C=CC(N)=O.CC(=O)NC(=O)CCOC(C)=O.CC(=O)OC(C)=O. The highest BCUT2D eigenvalue weighted by atomic mass is 16.6. The third-order valence-electron chi connectivity index (χ3n) is 1.98. The van der Waals surface area contributed by atoms with Gasteiger partial charge in [-0.15, -0.1) is 0 Å². The molecule has 0 heterocycles. The molecule has 0 aliphatic carbocycles. The molecular formula is C19H31N3O10. The first-order chi connectivity index (χ1) is 14.6. The van der Waals surface area contributed by atoms with Gasteiger partial charge in [-0.3, -0.25) is 38.9 Å². The van der Waals surface area contributed by atoms with E-state index in [-0.39, 0.29) is 18.9 Å². The van der Waals surface area contributed by atoms with E-state index in [1.54, 1.807) is 0 Å². The van der Waals surface area contributed by atoms with Gasteiger partial charge < -0.3 is 25.6 Å². The monoisotopic (exact) mass is 461 g/mol. The van der Waals surface area contributed by atoms with Crippen molar-refractivity contribution in [2.75, 3.05) is 6.61 Å². The van der Waals surface area contributed by atoms with Gasteiger partial charge in [0, 0.05) is 27.7 Å². The minimum absolute atomic E-state index is 0.00838. The summed E-state index contributed by atoms with van der Waals surface area (Å²) >= 11 is 0. The molecule has 1 unspecified atom stereocenters. The van der Waals surface area contributed by atoms with Gasteiger partial charge in [-0.05, 0) is 19.1 Å². The number of aliphatic hydroxyl groups excluding tert-OH is 1. The molecule has 0 fully saturated rings. The Balaban J connectivity index is -0.000000172. The van der Waals surface area contributed by atoms with Crippen molar-refractivity contribution in [2.45, 2.75) is 47.3 Å². The summed E-state index contributed by atoms with van der Waals surface area (Å²) in [4.78, 5) is 70.6. The molecule has 0 aromatic heterocycles. The zero-order valence-electron chi connectivity index (χ0n) is 18.8. The Hall–Kier alpha value is -3.87. The fraction of sp³-hybridized carbons (Fsp3) is 0.421. The molecule has 0 saturated heterocycles. The molecule has 0 bridgehead atoms. The van der Waals surface area contributed by atoms with Crippen molar-refractivity contribution >= 4 is 41.5 Å². The van der Waals surface area contributed by atoms with Crippen LogP contribution < -0.4 is 16.4 Å². The number of ether oxygens (including phenoxy) is 2. The van der Waals surface area contributed by atoms with Gasteiger partial charge in [0.05, 0.1) is 6.42 Å². The van der Waals surface area contributed by atoms with E-state index in [0.29, 0.717) is 0 Å². The van der Waals surface area contributed by atoms with Crippen LogP contribution in [0.15, 0.2) is 25.3 Å². The van der Waals surface area contributed by atoms with Crippen LogP contribution in [-0.2, 0) is 43.0 Å². The number of carbonyl (C=O) groups is 7. The first kappa shape index (κ1) is 35.6. The first-order valence-electron chi connectivity index (χ1n) is 8.74. The van der Waals surface area contributed by atoms with Crippen LogP contribution in [0.3, 0.4) is 0 Å². The lowest BCUT2D eigenvalue weighted by Gasteiger charge is -2.01. The highest BCUT2D eigenvalue weighted by Crippen LogP contribution is 1.83. The summed E-state index contributed by atoms with van der Waals surface area (Å²) in [5.74, 6) is -3.26. The Morgan fingerprint density at radius 1 is 0.938 bits per heavy atom. The standard InChI is InChI=1S/C7H11NO4.C5H9NO2.C4H6O3.C3H5NO/c1-5(9)8-7(11)3-4-12-6(2)10;1-3-5(8)6-4(2)7;1-3(5)7-4(2)6;1-2-3(4)5/h3-4H2,1-2H3,(H,8,9,11);3-4,7H,1H2,2H3,(H,6,8);1-2H3;2H,1H2,(H2,4,5). The largest absolute Gasteiger partial charge is 0.465 e. The molecule has 0 aliphatic rings. The second-order valence-corrected chi connectivity index (χ2v) is 5.27. The predicted octanol–water partition coefficient (Wildman–Crippen LogP) is -1.02. The first-order valence-corrected chi connectivity index (χ1v) is 8.74. The van der Waals surface area contributed by atoms with Crippen molar-refractivity contribution in [3.63, 3.8) is 0 Å². The van der Waals surface area contributed by atoms with Crippen molar-refractivity contribution < 1.29 is 48.1 Å². The molecule has 0 spiro atoms. The van der Waals surface area contributed by atoms with Crippen molar-refractivity contribution in [2.24, 2.45) is 5.73 Å². The smallest absolute Gasteiger partial charge is 0.310 e. The molecule has 0 aromatic rings. The molecule has 1 atom stereocenters. The molecule has 0 radical (unpaired) electrons. The van der Waals surface area contributed by atoms with Gasteiger partial charge in [0.25, 0.3) is 0 Å². The summed E-state index contributed by atoms with van der Waals surface area (Å²) in [6.07, 6.45) is 1.38. The number of hydrogen-bond acceptors (Lipinski definition) is 10. The molecule has 13 heteroatoms.